The standard InChI is InChI=1S/C17H18F5N3O4/c1-10-4-14(26)25(7-10)11-5-16(18,19)9-24(8-11)15(27)28-12-2-3-13(23-6-12)29-17(20,21)22/h2-3,6,10-11H,4-5,7-9H2,1H3/t10?,11-/m1/s1. The highest BCUT2D eigenvalue weighted by molar-refractivity contribution is 5.79. The smallest absolute Gasteiger partial charge is 0.409 e. The van der Waals surface area contributed by atoms with Crippen molar-refractivity contribution in [2.75, 3.05) is 19.6 Å². The van der Waals surface area contributed by atoms with Gasteiger partial charge in [0.25, 0.3) is 5.92 Å². The summed E-state index contributed by atoms with van der Waals surface area (Å²) < 4.78 is 73.3. The van der Waals surface area contributed by atoms with Crippen molar-refractivity contribution < 1.29 is 41.0 Å². The van der Waals surface area contributed by atoms with Crippen LogP contribution in [0.3, 0.4) is 0 Å². The van der Waals surface area contributed by atoms with E-state index in [1.54, 1.807) is 0 Å². The summed E-state index contributed by atoms with van der Waals surface area (Å²) in [7, 11) is 0. The normalized spacial score (nSPS) is 24.6. The Kier molecular flexibility index (Phi) is 5.54. The maximum atomic E-state index is 14.2. The third kappa shape index (κ3) is 5.45. The first kappa shape index (κ1) is 21.1. The Morgan fingerprint density at radius 3 is 2.55 bits per heavy atom. The number of halogens is 5. The summed E-state index contributed by atoms with van der Waals surface area (Å²) in [6, 6.07) is 0.982. The molecule has 160 valence electrons. The number of hydrogen-bond donors (Lipinski definition) is 0. The molecule has 3 heterocycles. The van der Waals surface area contributed by atoms with E-state index in [4.69, 9.17) is 4.74 Å². The second kappa shape index (κ2) is 7.64. The van der Waals surface area contributed by atoms with Gasteiger partial charge in [-0.1, -0.05) is 6.92 Å². The molecule has 0 aliphatic carbocycles. The zero-order valence-corrected chi connectivity index (χ0v) is 15.3. The molecule has 0 bridgehead atoms. The fraction of sp³-hybridized carbons (Fsp3) is 0.588. The van der Waals surface area contributed by atoms with Gasteiger partial charge < -0.3 is 14.4 Å². The summed E-state index contributed by atoms with van der Waals surface area (Å²) in [5.74, 6) is -4.40. The SMILES string of the molecule is CC1CC(=O)N([C@H]2CN(C(=O)Oc3ccc(OC(F)(F)F)nc3)CC(F)(F)C2)C1. The Bertz CT molecular complexity index is 771. The highest BCUT2D eigenvalue weighted by Crippen LogP contribution is 2.33. The fourth-order valence-electron chi connectivity index (χ4n) is 3.46. The number of rotatable bonds is 3. The Morgan fingerprint density at radius 2 is 2.00 bits per heavy atom. The van der Waals surface area contributed by atoms with E-state index in [2.05, 4.69) is 9.72 Å². The largest absolute Gasteiger partial charge is 0.574 e. The van der Waals surface area contributed by atoms with Crippen molar-refractivity contribution in [2.45, 2.75) is 38.1 Å². The van der Waals surface area contributed by atoms with Gasteiger partial charge in [-0.3, -0.25) is 9.69 Å². The maximum absolute atomic E-state index is 14.2. The Hall–Kier alpha value is -2.66. The number of amides is 2. The van der Waals surface area contributed by atoms with E-state index in [-0.39, 0.29) is 30.5 Å². The van der Waals surface area contributed by atoms with Crippen molar-refractivity contribution in [1.82, 2.24) is 14.8 Å². The molecule has 2 aliphatic heterocycles. The van der Waals surface area contributed by atoms with Crippen LogP contribution in [0, 0.1) is 5.92 Å². The third-order valence-corrected chi connectivity index (χ3v) is 4.57. The van der Waals surface area contributed by atoms with E-state index in [0.717, 1.165) is 23.2 Å². The number of alkyl halides is 5. The summed E-state index contributed by atoms with van der Waals surface area (Å²) in [4.78, 5) is 29.8. The molecule has 3 rings (SSSR count). The van der Waals surface area contributed by atoms with Crippen LogP contribution in [0.1, 0.15) is 19.8 Å². The van der Waals surface area contributed by atoms with Crippen LogP contribution in [-0.2, 0) is 4.79 Å². The van der Waals surface area contributed by atoms with E-state index in [9.17, 15) is 31.5 Å². The van der Waals surface area contributed by atoms with Gasteiger partial charge in [0.1, 0.15) is 0 Å². The highest BCUT2D eigenvalue weighted by atomic mass is 19.4. The van der Waals surface area contributed by atoms with Gasteiger partial charge in [-0.2, -0.15) is 0 Å². The molecule has 1 unspecified atom stereocenters. The first-order valence-corrected chi connectivity index (χ1v) is 8.78. The first-order valence-electron chi connectivity index (χ1n) is 8.78. The summed E-state index contributed by atoms with van der Waals surface area (Å²) in [6.07, 6.45) is -5.51. The number of ether oxygens (including phenoxy) is 2. The van der Waals surface area contributed by atoms with Crippen molar-refractivity contribution in [3.05, 3.63) is 18.3 Å². The molecule has 29 heavy (non-hydrogen) atoms. The zero-order valence-electron chi connectivity index (χ0n) is 15.3. The molecule has 0 radical (unpaired) electrons. The van der Waals surface area contributed by atoms with Gasteiger partial charge >= 0.3 is 12.5 Å². The molecule has 0 saturated carbocycles. The maximum Gasteiger partial charge on any atom is 0.574 e. The van der Waals surface area contributed by atoms with Crippen LogP contribution >= 0.6 is 0 Å². The molecule has 1 aromatic rings. The highest BCUT2D eigenvalue weighted by Gasteiger charge is 2.47. The number of piperidine rings is 1. The molecule has 0 spiro atoms. The van der Waals surface area contributed by atoms with Gasteiger partial charge in [-0.25, -0.2) is 18.6 Å². The van der Waals surface area contributed by atoms with E-state index in [0.29, 0.717) is 6.54 Å². The molecular formula is C17H18F5N3O4. The second-order valence-corrected chi connectivity index (χ2v) is 7.20. The monoisotopic (exact) mass is 423 g/mol. The molecule has 12 heteroatoms. The number of carbonyl (C=O) groups excluding carboxylic acids is 2. The quantitative estimate of drug-likeness (QED) is 0.699. The average Bonchev–Trinajstić information content (AvgIpc) is 2.92. The number of hydrogen-bond acceptors (Lipinski definition) is 5. The van der Waals surface area contributed by atoms with Gasteiger partial charge in [-0.05, 0) is 12.0 Å². The number of nitrogens with zero attached hydrogens (tertiary/aromatic N) is 3. The van der Waals surface area contributed by atoms with Crippen LogP contribution in [0.5, 0.6) is 11.6 Å². The lowest BCUT2D eigenvalue weighted by Crippen LogP contribution is -2.57. The number of carbonyl (C=O) groups is 2. The van der Waals surface area contributed by atoms with E-state index in [1.165, 1.54) is 4.90 Å². The molecule has 2 amide bonds. The van der Waals surface area contributed by atoms with Crippen molar-refractivity contribution in [2.24, 2.45) is 5.92 Å². The lowest BCUT2D eigenvalue weighted by atomic mass is 10.0. The van der Waals surface area contributed by atoms with Gasteiger partial charge in [0.15, 0.2) is 5.75 Å². The topological polar surface area (TPSA) is 72.0 Å². The lowest BCUT2D eigenvalue weighted by Gasteiger charge is -2.40. The Labute approximate surface area is 162 Å². The van der Waals surface area contributed by atoms with Crippen molar-refractivity contribution in [3.63, 3.8) is 0 Å². The van der Waals surface area contributed by atoms with Crippen LogP contribution in [0.15, 0.2) is 18.3 Å². The van der Waals surface area contributed by atoms with E-state index in [1.807, 2.05) is 6.92 Å². The van der Waals surface area contributed by atoms with E-state index < -0.39 is 43.3 Å². The van der Waals surface area contributed by atoms with Gasteiger partial charge in [0.05, 0.1) is 18.8 Å². The fourth-order valence-corrected chi connectivity index (χ4v) is 3.46. The molecule has 7 nitrogen and oxygen atoms in total. The van der Waals surface area contributed by atoms with Crippen LogP contribution in [0.25, 0.3) is 0 Å². The van der Waals surface area contributed by atoms with Crippen LogP contribution in [-0.4, -0.2) is 64.7 Å². The predicted octanol–water partition coefficient (Wildman–Crippen LogP) is 3.06. The van der Waals surface area contributed by atoms with Crippen LogP contribution in [0.4, 0.5) is 26.7 Å². The molecule has 0 N–H and O–H groups in total. The van der Waals surface area contributed by atoms with E-state index >= 15 is 0 Å². The van der Waals surface area contributed by atoms with Gasteiger partial charge in [0.2, 0.25) is 11.8 Å². The van der Waals surface area contributed by atoms with Crippen LogP contribution in [0.2, 0.25) is 0 Å². The summed E-state index contributed by atoms with van der Waals surface area (Å²) in [5, 5.41) is 0. The summed E-state index contributed by atoms with van der Waals surface area (Å²) in [6.45, 7) is 1.16. The molecule has 2 saturated heterocycles. The first-order chi connectivity index (χ1) is 13.4. The zero-order chi connectivity index (χ0) is 21.4. The minimum absolute atomic E-state index is 0.0435. The van der Waals surface area contributed by atoms with Gasteiger partial charge in [0, 0.05) is 32.0 Å². The molecule has 2 aliphatic rings. The van der Waals surface area contributed by atoms with Crippen molar-refractivity contribution in [3.8, 4) is 11.6 Å². The van der Waals surface area contributed by atoms with Crippen molar-refractivity contribution in [1.29, 1.82) is 0 Å². The minimum atomic E-state index is -4.93. The average molecular weight is 423 g/mol. The number of pyridine rings is 1. The summed E-state index contributed by atoms with van der Waals surface area (Å²) >= 11 is 0. The summed E-state index contributed by atoms with van der Waals surface area (Å²) in [5.41, 5.74) is 0. The minimum Gasteiger partial charge on any atom is -0.409 e. The molecule has 0 aromatic carbocycles. The lowest BCUT2D eigenvalue weighted by molar-refractivity contribution is -0.276. The predicted molar refractivity (Wildman–Crippen MR) is 87.4 cm³/mol. The second-order valence-electron chi connectivity index (χ2n) is 7.20. The van der Waals surface area contributed by atoms with Crippen molar-refractivity contribution >= 4 is 12.0 Å². The van der Waals surface area contributed by atoms with Crippen LogP contribution < -0.4 is 9.47 Å². The van der Waals surface area contributed by atoms with Gasteiger partial charge in [-0.15, -0.1) is 13.2 Å². The number of aromatic nitrogens is 1. The Balaban J connectivity index is 1.65. The number of likely N-dealkylation sites (tertiary alicyclic amines) is 2. The molecule has 2 atom stereocenters. The molecule has 2 fully saturated rings. The molecular weight excluding hydrogens is 405 g/mol. The Morgan fingerprint density at radius 1 is 1.28 bits per heavy atom. The third-order valence-electron chi connectivity index (χ3n) is 4.57. The molecule has 1 aromatic heterocycles.